The van der Waals surface area contributed by atoms with E-state index in [0.29, 0.717) is 23.5 Å². The fraction of sp³-hybridized carbons (Fsp3) is 0.263. The first-order valence-electron chi connectivity index (χ1n) is 8.61. The van der Waals surface area contributed by atoms with E-state index in [9.17, 15) is 9.18 Å². The Labute approximate surface area is 150 Å². The monoisotopic (exact) mass is 351 g/mol. The highest BCUT2D eigenvalue weighted by atomic mass is 19.1. The molecule has 0 N–H and O–H groups in total. The molecular formula is C19H18FN5O. The highest BCUT2D eigenvalue weighted by molar-refractivity contribution is 5.94. The zero-order valence-electron chi connectivity index (χ0n) is 14.2. The molecule has 1 aromatic heterocycles. The van der Waals surface area contributed by atoms with E-state index in [-0.39, 0.29) is 11.7 Å². The topological polar surface area (TPSA) is 63.9 Å². The van der Waals surface area contributed by atoms with Crippen LogP contribution < -0.4 is 0 Å². The van der Waals surface area contributed by atoms with Gasteiger partial charge in [-0.05, 0) is 47.9 Å². The van der Waals surface area contributed by atoms with Crippen molar-refractivity contribution in [1.29, 1.82) is 0 Å². The lowest BCUT2D eigenvalue weighted by Gasteiger charge is -2.15. The van der Waals surface area contributed by atoms with Gasteiger partial charge in [0.2, 0.25) is 5.82 Å². The maximum absolute atomic E-state index is 13.3. The van der Waals surface area contributed by atoms with E-state index in [0.717, 1.165) is 31.5 Å². The number of hydrogen-bond acceptors (Lipinski definition) is 4. The summed E-state index contributed by atoms with van der Waals surface area (Å²) in [4.78, 5) is 15.7. The van der Waals surface area contributed by atoms with Gasteiger partial charge in [-0.15, -0.1) is 10.2 Å². The summed E-state index contributed by atoms with van der Waals surface area (Å²) in [5.41, 5.74) is 2.25. The highest BCUT2D eigenvalue weighted by Crippen LogP contribution is 2.16. The predicted octanol–water partition coefficient (Wildman–Crippen LogP) is 2.76. The van der Waals surface area contributed by atoms with Crippen LogP contribution in [0.5, 0.6) is 0 Å². The van der Waals surface area contributed by atoms with Gasteiger partial charge in [-0.1, -0.05) is 24.3 Å². The Hall–Kier alpha value is -3.09. The largest absolute Gasteiger partial charge is 0.339 e. The third-order valence-electron chi connectivity index (χ3n) is 4.45. The van der Waals surface area contributed by atoms with Crippen molar-refractivity contribution in [3.8, 4) is 11.4 Å². The third-order valence-corrected chi connectivity index (χ3v) is 4.45. The van der Waals surface area contributed by atoms with Crippen LogP contribution in [0, 0.1) is 5.82 Å². The number of benzene rings is 2. The minimum Gasteiger partial charge on any atom is -0.339 e. The molecule has 0 unspecified atom stereocenters. The standard InChI is InChI=1S/C19H18FN5O/c20-17-5-3-4-16(12-17)18-21-23-25(22-18)13-14-6-8-15(9-7-14)19(26)24-10-1-2-11-24/h3-9,12H,1-2,10-11,13H2. The smallest absolute Gasteiger partial charge is 0.253 e. The van der Waals surface area contributed by atoms with Crippen molar-refractivity contribution in [3.63, 3.8) is 0 Å². The van der Waals surface area contributed by atoms with Gasteiger partial charge in [0.15, 0.2) is 0 Å². The average molecular weight is 351 g/mol. The SMILES string of the molecule is O=C(c1ccc(Cn2nnc(-c3cccc(F)c3)n2)cc1)N1CCCC1. The van der Waals surface area contributed by atoms with Gasteiger partial charge in [0.1, 0.15) is 5.82 Å². The molecule has 26 heavy (non-hydrogen) atoms. The van der Waals surface area contributed by atoms with Crippen LogP contribution in [0.2, 0.25) is 0 Å². The summed E-state index contributed by atoms with van der Waals surface area (Å²) in [6, 6.07) is 13.6. The van der Waals surface area contributed by atoms with E-state index < -0.39 is 0 Å². The Kier molecular flexibility index (Phi) is 4.43. The number of hydrogen-bond donors (Lipinski definition) is 0. The van der Waals surface area contributed by atoms with Gasteiger partial charge in [-0.2, -0.15) is 4.80 Å². The number of carbonyl (C=O) groups is 1. The molecular weight excluding hydrogens is 333 g/mol. The number of aromatic nitrogens is 4. The molecule has 0 spiro atoms. The van der Waals surface area contributed by atoms with Crippen molar-refractivity contribution >= 4 is 5.91 Å². The van der Waals surface area contributed by atoms with Crippen molar-refractivity contribution in [2.75, 3.05) is 13.1 Å². The van der Waals surface area contributed by atoms with E-state index in [2.05, 4.69) is 15.4 Å². The summed E-state index contributed by atoms with van der Waals surface area (Å²) in [6.07, 6.45) is 2.16. The van der Waals surface area contributed by atoms with Crippen LogP contribution >= 0.6 is 0 Å². The third kappa shape index (κ3) is 3.46. The second kappa shape index (κ2) is 7.03. The van der Waals surface area contributed by atoms with Gasteiger partial charge >= 0.3 is 0 Å². The number of nitrogens with zero attached hydrogens (tertiary/aromatic N) is 5. The fourth-order valence-electron chi connectivity index (χ4n) is 3.07. The molecule has 0 radical (unpaired) electrons. The van der Waals surface area contributed by atoms with Crippen molar-refractivity contribution in [1.82, 2.24) is 25.1 Å². The summed E-state index contributed by atoms with van der Waals surface area (Å²) in [5.74, 6) is 0.128. The molecule has 0 saturated carbocycles. The van der Waals surface area contributed by atoms with Crippen LogP contribution in [0.25, 0.3) is 11.4 Å². The maximum atomic E-state index is 13.3. The fourth-order valence-corrected chi connectivity index (χ4v) is 3.07. The van der Waals surface area contributed by atoms with Gasteiger partial charge in [0.05, 0.1) is 6.54 Å². The normalized spacial score (nSPS) is 14.0. The Morgan fingerprint density at radius 2 is 1.85 bits per heavy atom. The molecule has 0 aliphatic carbocycles. The molecule has 1 saturated heterocycles. The molecule has 1 amide bonds. The van der Waals surface area contributed by atoms with Gasteiger partial charge in [-0.3, -0.25) is 4.79 Å². The average Bonchev–Trinajstić information content (AvgIpc) is 3.34. The number of tetrazole rings is 1. The van der Waals surface area contributed by atoms with Crippen LogP contribution in [-0.2, 0) is 6.54 Å². The Morgan fingerprint density at radius 1 is 1.08 bits per heavy atom. The van der Waals surface area contributed by atoms with Crippen LogP contribution in [-0.4, -0.2) is 44.1 Å². The molecule has 7 heteroatoms. The minimum absolute atomic E-state index is 0.0846. The molecule has 4 rings (SSSR count). The molecule has 1 aliphatic heterocycles. The second-order valence-corrected chi connectivity index (χ2v) is 6.35. The molecule has 6 nitrogen and oxygen atoms in total. The number of rotatable bonds is 4. The number of amides is 1. The lowest BCUT2D eigenvalue weighted by atomic mass is 10.1. The second-order valence-electron chi connectivity index (χ2n) is 6.35. The number of halogens is 1. The molecule has 132 valence electrons. The number of likely N-dealkylation sites (tertiary alicyclic amines) is 1. The van der Waals surface area contributed by atoms with Gasteiger partial charge in [-0.25, -0.2) is 4.39 Å². The summed E-state index contributed by atoms with van der Waals surface area (Å²) in [6.45, 7) is 2.11. The van der Waals surface area contributed by atoms with Crippen molar-refractivity contribution in [3.05, 3.63) is 65.5 Å². The summed E-state index contributed by atoms with van der Waals surface area (Å²) < 4.78 is 13.3. The van der Waals surface area contributed by atoms with E-state index in [1.165, 1.54) is 16.9 Å². The first-order chi connectivity index (χ1) is 12.7. The molecule has 0 atom stereocenters. The molecule has 1 fully saturated rings. The van der Waals surface area contributed by atoms with E-state index in [1.807, 2.05) is 29.2 Å². The summed E-state index contributed by atoms with van der Waals surface area (Å²) >= 11 is 0. The van der Waals surface area contributed by atoms with E-state index in [4.69, 9.17) is 0 Å². The van der Waals surface area contributed by atoms with Crippen LogP contribution in [0.1, 0.15) is 28.8 Å². The zero-order valence-corrected chi connectivity index (χ0v) is 14.2. The molecule has 0 bridgehead atoms. The van der Waals surface area contributed by atoms with Crippen molar-refractivity contribution < 1.29 is 9.18 Å². The van der Waals surface area contributed by atoms with Crippen molar-refractivity contribution in [2.45, 2.75) is 19.4 Å². The maximum Gasteiger partial charge on any atom is 0.253 e. The van der Waals surface area contributed by atoms with Gasteiger partial charge in [0, 0.05) is 24.2 Å². The van der Waals surface area contributed by atoms with Crippen LogP contribution in [0.4, 0.5) is 4.39 Å². The quantitative estimate of drug-likeness (QED) is 0.725. The van der Waals surface area contributed by atoms with E-state index >= 15 is 0 Å². The molecule has 2 heterocycles. The van der Waals surface area contributed by atoms with Crippen LogP contribution in [0.3, 0.4) is 0 Å². The first-order valence-corrected chi connectivity index (χ1v) is 8.61. The summed E-state index contributed by atoms with van der Waals surface area (Å²) in [5, 5.41) is 12.3. The Morgan fingerprint density at radius 3 is 2.58 bits per heavy atom. The molecule has 3 aromatic rings. The molecule has 1 aliphatic rings. The van der Waals surface area contributed by atoms with E-state index in [1.54, 1.807) is 12.1 Å². The number of carbonyl (C=O) groups excluding carboxylic acids is 1. The lowest BCUT2D eigenvalue weighted by molar-refractivity contribution is 0.0793. The summed E-state index contributed by atoms with van der Waals surface area (Å²) in [7, 11) is 0. The Balaban J connectivity index is 1.45. The zero-order chi connectivity index (χ0) is 17.9. The predicted molar refractivity (Wildman–Crippen MR) is 93.9 cm³/mol. The first kappa shape index (κ1) is 16.4. The molecule has 2 aromatic carbocycles. The minimum atomic E-state index is -0.336. The van der Waals surface area contributed by atoms with Gasteiger partial charge in [0.25, 0.3) is 5.91 Å². The lowest BCUT2D eigenvalue weighted by Crippen LogP contribution is -2.27. The van der Waals surface area contributed by atoms with Crippen LogP contribution in [0.15, 0.2) is 48.5 Å². The Bertz CT molecular complexity index is 916. The van der Waals surface area contributed by atoms with Crippen molar-refractivity contribution in [2.24, 2.45) is 0 Å². The highest BCUT2D eigenvalue weighted by Gasteiger charge is 2.19. The van der Waals surface area contributed by atoms with Gasteiger partial charge < -0.3 is 4.90 Å².